The minimum Gasteiger partial charge on any atom is -0.380 e. The summed E-state index contributed by atoms with van der Waals surface area (Å²) >= 11 is 6.52. The number of likely N-dealkylation sites (tertiary alicyclic amines) is 1. The number of carbonyl (C=O) groups is 2. The maximum absolute atomic E-state index is 13.0. The summed E-state index contributed by atoms with van der Waals surface area (Å²) < 4.78 is 0. The van der Waals surface area contributed by atoms with Gasteiger partial charge < -0.3 is 20.4 Å². The molecule has 4 aliphatic rings. The van der Waals surface area contributed by atoms with E-state index in [2.05, 4.69) is 15.5 Å². The Morgan fingerprint density at radius 3 is 2.24 bits per heavy atom. The number of amides is 2. The number of hydrogen-bond acceptors (Lipinski definition) is 5. The molecule has 1 saturated carbocycles. The second kappa shape index (κ2) is 10.8. The number of nitrogens with one attached hydrogen (secondary N) is 2. The van der Waals surface area contributed by atoms with Crippen LogP contribution < -0.4 is 10.6 Å². The Kier molecular flexibility index (Phi) is 8.05. The number of anilines is 1. The summed E-state index contributed by atoms with van der Waals surface area (Å²) in [5.74, 6) is 0.443. The lowest BCUT2D eigenvalue weighted by atomic mass is 9.84. The largest absolute Gasteiger partial charge is 0.380 e. The predicted molar refractivity (Wildman–Crippen MR) is 133 cm³/mol. The van der Waals surface area contributed by atoms with Gasteiger partial charge in [-0.15, -0.1) is 12.4 Å². The predicted octanol–water partition coefficient (Wildman–Crippen LogP) is 2.69. The zero-order valence-electron chi connectivity index (χ0n) is 19.1. The fourth-order valence-corrected chi connectivity index (χ4v) is 5.56. The molecule has 4 fully saturated rings. The molecule has 1 aromatic carbocycles. The number of piperidine rings is 1. The Labute approximate surface area is 207 Å². The molecule has 182 valence electrons. The quantitative estimate of drug-likeness (QED) is 0.657. The van der Waals surface area contributed by atoms with E-state index in [-0.39, 0.29) is 30.1 Å². The second-order valence-corrected chi connectivity index (χ2v) is 10.1. The molecule has 1 aromatic rings. The molecule has 2 N–H and O–H groups in total. The summed E-state index contributed by atoms with van der Waals surface area (Å²) in [7, 11) is 0. The third kappa shape index (κ3) is 5.42. The van der Waals surface area contributed by atoms with Gasteiger partial charge in [-0.1, -0.05) is 18.0 Å². The van der Waals surface area contributed by atoms with E-state index in [4.69, 9.17) is 11.6 Å². The van der Waals surface area contributed by atoms with E-state index in [9.17, 15) is 9.59 Å². The normalized spacial score (nSPS) is 22.8. The lowest BCUT2D eigenvalue weighted by Crippen LogP contribution is -2.60. The lowest BCUT2D eigenvalue weighted by Gasteiger charge is -2.46. The van der Waals surface area contributed by atoms with E-state index in [0.29, 0.717) is 48.8 Å². The van der Waals surface area contributed by atoms with Crippen molar-refractivity contribution in [1.82, 2.24) is 20.0 Å². The Balaban J connectivity index is 0.00000259. The Hall–Kier alpha value is -1.54. The monoisotopic (exact) mass is 495 g/mol. The highest BCUT2D eigenvalue weighted by molar-refractivity contribution is 6.34. The van der Waals surface area contributed by atoms with Crippen molar-refractivity contribution in [2.45, 2.75) is 44.2 Å². The second-order valence-electron chi connectivity index (χ2n) is 9.72. The molecule has 33 heavy (non-hydrogen) atoms. The highest BCUT2D eigenvalue weighted by Gasteiger charge is 2.34. The molecule has 3 saturated heterocycles. The SMILES string of the molecule is Cl.O=C(c1ccc(NC2CN(C3CCNCC3)C2)cc1Cl)N1CCN(C(=O)C2CCC2)CC1. The van der Waals surface area contributed by atoms with Crippen molar-refractivity contribution in [1.29, 1.82) is 0 Å². The van der Waals surface area contributed by atoms with Gasteiger partial charge in [-0.3, -0.25) is 14.5 Å². The van der Waals surface area contributed by atoms with Crippen LogP contribution >= 0.6 is 24.0 Å². The molecule has 0 bridgehead atoms. The van der Waals surface area contributed by atoms with Gasteiger partial charge in [0.15, 0.2) is 0 Å². The van der Waals surface area contributed by atoms with Gasteiger partial charge in [0, 0.05) is 56.9 Å². The summed E-state index contributed by atoms with van der Waals surface area (Å²) in [6, 6.07) is 6.81. The van der Waals surface area contributed by atoms with E-state index in [1.165, 1.54) is 12.8 Å². The summed E-state index contributed by atoms with van der Waals surface area (Å²) in [5, 5.41) is 7.48. The molecule has 3 aliphatic heterocycles. The number of carbonyl (C=O) groups excluding carboxylic acids is 2. The first-order valence-corrected chi connectivity index (χ1v) is 12.5. The van der Waals surface area contributed by atoms with Gasteiger partial charge in [0.05, 0.1) is 16.6 Å². The van der Waals surface area contributed by atoms with Gasteiger partial charge in [0.1, 0.15) is 0 Å². The standard InChI is InChI=1S/C24H34ClN5O2.ClH/c25-22-14-18(27-19-15-30(16-19)20-6-8-26-9-7-20)4-5-21(22)24(32)29-12-10-28(11-13-29)23(31)17-2-1-3-17;/h4-5,14,17,19-20,26-27H,1-3,6-13,15-16H2;1H. The summed E-state index contributed by atoms with van der Waals surface area (Å²) in [5.41, 5.74) is 1.51. The highest BCUT2D eigenvalue weighted by atomic mass is 35.5. The van der Waals surface area contributed by atoms with E-state index >= 15 is 0 Å². The van der Waals surface area contributed by atoms with Crippen molar-refractivity contribution < 1.29 is 9.59 Å². The van der Waals surface area contributed by atoms with Crippen LogP contribution in [0, 0.1) is 5.92 Å². The Morgan fingerprint density at radius 1 is 0.970 bits per heavy atom. The van der Waals surface area contributed by atoms with Crippen LogP contribution in [0.15, 0.2) is 18.2 Å². The van der Waals surface area contributed by atoms with Crippen molar-refractivity contribution in [3.63, 3.8) is 0 Å². The van der Waals surface area contributed by atoms with Gasteiger partial charge in [0.25, 0.3) is 5.91 Å². The molecule has 0 atom stereocenters. The van der Waals surface area contributed by atoms with Crippen LogP contribution in [-0.4, -0.2) is 91.0 Å². The van der Waals surface area contributed by atoms with Crippen LogP contribution in [-0.2, 0) is 4.79 Å². The fraction of sp³-hybridized carbons (Fsp3) is 0.667. The highest BCUT2D eigenvalue weighted by Crippen LogP contribution is 2.29. The first kappa shape index (κ1) is 24.6. The summed E-state index contributed by atoms with van der Waals surface area (Å²) in [6.07, 6.45) is 5.67. The Bertz CT molecular complexity index is 845. The molecule has 9 heteroatoms. The van der Waals surface area contributed by atoms with E-state index in [1.807, 2.05) is 28.0 Å². The average molecular weight is 496 g/mol. The molecule has 7 nitrogen and oxygen atoms in total. The molecule has 2 amide bonds. The molecular formula is C24H35Cl2N5O2. The van der Waals surface area contributed by atoms with Crippen molar-refractivity contribution >= 4 is 41.5 Å². The van der Waals surface area contributed by atoms with Gasteiger partial charge in [-0.25, -0.2) is 0 Å². The summed E-state index contributed by atoms with van der Waals surface area (Å²) in [6.45, 7) is 6.75. The van der Waals surface area contributed by atoms with E-state index in [1.54, 1.807) is 0 Å². The number of halogens is 2. The third-order valence-electron chi connectivity index (χ3n) is 7.64. The van der Waals surface area contributed by atoms with Crippen LogP contribution in [0.1, 0.15) is 42.5 Å². The van der Waals surface area contributed by atoms with E-state index in [0.717, 1.165) is 51.1 Å². The van der Waals surface area contributed by atoms with Crippen LogP contribution in [0.5, 0.6) is 0 Å². The number of benzene rings is 1. The van der Waals surface area contributed by atoms with Crippen LogP contribution in [0.4, 0.5) is 5.69 Å². The van der Waals surface area contributed by atoms with Crippen LogP contribution in [0.3, 0.4) is 0 Å². The Morgan fingerprint density at radius 2 is 1.64 bits per heavy atom. The first-order chi connectivity index (χ1) is 15.6. The first-order valence-electron chi connectivity index (χ1n) is 12.2. The zero-order valence-corrected chi connectivity index (χ0v) is 20.7. The molecule has 3 heterocycles. The lowest BCUT2D eigenvalue weighted by molar-refractivity contribution is -0.139. The molecule has 1 aliphatic carbocycles. The minimum atomic E-state index is -0.0435. The number of hydrogen-bond donors (Lipinski definition) is 2. The minimum absolute atomic E-state index is 0. The maximum atomic E-state index is 13.0. The van der Waals surface area contributed by atoms with Gasteiger partial charge in [-0.2, -0.15) is 0 Å². The van der Waals surface area contributed by atoms with Crippen molar-refractivity contribution in [2.75, 3.05) is 57.7 Å². The number of nitrogens with zero attached hydrogens (tertiary/aromatic N) is 3. The molecule has 0 aromatic heterocycles. The zero-order chi connectivity index (χ0) is 22.1. The average Bonchev–Trinajstić information content (AvgIpc) is 2.75. The van der Waals surface area contributed by atoms with E-state index < -0.39 is 0 Å². The number of piperazine rings is 1. The smallest absolute Gasteiger partial charge is 0.255 e. The topological polar surface area (TPSA) is 67.9 Å². The van der Waals surface area contributed by atoms with Crippen LogP contribution in [0.25, 0.3) is 0 Å². The van der Waals surface area contributed by atoms with Gasteiger partial charge >= 0.3 is 0 Å². The van der Waals surface area contributed by atoms with Gasteiger partial charge in [-0.05, 0) is 57.0 Å². The molecular weight excluding hydrogens is 461 g/mol. The molecule has 5 rings (SSSR count). The number of rotatable bonds is 5. The molecule has 0 spiro atoms. The van der Waals surface area contributed by atoms with Crippen LogP contribution in [0.2, 0.25) is 5.02 Å². The third-order valence-corrected chi connectivity index (χ3v) is 7.95. The maximum Gasteiger partial charge on any atom is 0.255 e. The van der Waals surface area contributed by atoms with Crippen molar-refractivity contribution in [2.24, 2.45) is 5.92 Å². The molecule has 0 radical (unpaired) electrons. The molecule has 0 unspecified atom stereocenters. The van der Waals surface area contributed by atoms with Gasteiger partial charge in [0.2, 0.25) is 5.91 Å². The van der Waals surface area contributed by atoms with Crippen molar-refractivity contribution in [3.8, 4) is 0 Å². The fourth-order valence-electron chi connectivity index (χ4n) is 5.30. The van der Waals surface area contributed by atoms with Crippen molar-refractivity contribution in [3.05, 3.63) is 28.8 Å². The summed E-state index contributed by atoms with van der Waals surface area (Å²) in [4.78, 5) is 31.8.